The number of carboxylic acids is 1. The summed E-state index contributed by atoms with van der Waals surface area (Å²) in [4.78, 5) is 22.7. The van der Waals surface area contributed by atoms with E-state index in [0.29, 0.717) is 23.1 Å². The number of ether oxygens (including phenoxy) is 1. The van der Waals surface area contributed by atoms with Crippen molar-refractivity contribution >= 4 is 27.8 Å². The minimum Gasteiger partial charge on any atom is -0.483 e. The predicted octanol–water partition coefficient (Wildman–Crippen LogP) is 2.48. The Morgan fingerprint density at radius 3 is 2.67 bits per heavy atom. The first-order valence-corrected chi connectivity index (χ1v) is 7.30. The van der Waals surface area contributed by atoms with Gasteiger partial charge in [0.2, 0.25) is 0 Å². The van der Waals surface area contributed by atoms with E-state index in [4.69, 9.17) is 9.84 Å². The van der Waals surface area contributed by atoms with Gasteiger partial charge >= 0.3 is 5.97 Å². The lowest BCUT2D eigenvalue weighted by molar-refractivity contribution is -0.140. The minimum absolute atomic E-state index is 0.0843. The number of halogens is 2. The highest BCUT2D eigenvalue weighted by Crippen LogP contribution is 2.35. The van der Waals surface area contributed by atoms with Crippen LogP contribution in [0, 0.1) is 5.82 Å². The number of nitrogens with one attached hydrogen (secondary N) is 1. The lowest BCUT2D eigenvalue weighted by Gasteiger charge is -2.41. The first kappa shape index (κ1) is 15.8. The van der Waals surface area contributed by atoms with E-state index in [9.17, 15) is 14.0 Å². The maximum Gasteiger partial charge on any atom is 0.305 e. The van der Waals surface area contributed by atoms with Crippen LogP contribution in [0.5, 0.6) is 5.75 Å². The summed E-state index contributed by atoms with van der Waals surface area (Å²) in [5, 5.41) is 11.6. The summed E-state index contributed by atoms with van der Waals surface area (Å²) in [6.07, 6.45) is 2.13. The molecule has 0 aromatic heterocycles. The fraction of sp³-hybridized carbons (Fsp3) is 0.429. The molecular weight excluding hydrogens is 345 g/mol. The molecule has 5 nitrogen and oxygen atoms in total. The Labute approximate surface area is 129 Å². The first-order chi connectivity index (χ1) is 9.90. The van der Waals surface area contributed by atoms with Crippen LogP contribution in [0.2, 0.25) is 0 Å². The second kappa shape index (κ2) is 6.43. The van der Waals surface area contributed by atoms with Crippen molar-refractivity contribution in [2.24, 2.45) is 0 Å². The van der Waals surface area contributed by atoms with Crippen LogP contribution in [0.3, 0.4) is 0 Å². The van der Waals surface area contributed by atoms with Crippen molar-refractivity contribution < 1.29 is 23.8 Å². The van der Waals surface area contributed by atoms with E-state index in [1.54, 1.807) is 0 Å². The number of aliphatic carboxylic acids is 1. The van der Waals surface area contributed by atoms with E-state index in [2.05, 4.69) is 21.2 Å². The van der Waals surface area contributed by atoms with Crippen molar-refractivity contribution in [3.63, 3.8) is 0 Å². The molecular formula is C14H15BrFNO4. The Balaban J connectivity index is 1.88. The molecule has 1 aliphatic rings. The highest BCUT2D eigenvalue weighted by Gasteiger charge is 2.40. The highest BCUT2D eigenvalue weighted by molar-refractivity contribution is 9.10. The molecule has 0 saturated heterocycles. The Bertz CT molecular complexity index is 560. The molecule has 0 unspecified atom stereocenters. The Morgan fingerprint density at radius 2 is 2.14 bits per heavy atom. The quantitative estimate of drug-likeness (QED) is 0.817. The summed E-state index contributed by atoms with van der Waals surface area (Å²) in [5.41, 5.74) is -0.647. The Morgan fingerprint density at radius 1 is 1.43 bits per heavy atom. The zero-order valence-corrected chi connectivity index (χ0v) is 12.8. The Hall–Kier alpha value is -1.63. The van der Waals surface area contributed by atoms with Gasteiger partial charge in [-0.2, -0.15) is 0 Å². The standard InChI is InChI=1S/C14H15BrFNO4/c15-10-6-9(16)2-3-11(10)21-8-12(18)17-14(4-1-5-14)7-13(19)20/h2-3,6H,1,4-5,7-8H2,(H,17,18)(H,19,20). The largest absolute Gasteiger partial charge is 0.483 e. The molecule has 1 saturated carbocycles. The number of hydrogen-bond donors (Lipinski definition) is 2. The molecule has 21 heavy (non-hydrogen) atoms. The second-order valence-electron chi connectivity index (χ2n) is 5.12. The SMILES string of the molecule is O=C(O)CC1(NC(=O)COc2ccc(F)cc2Br)CCC1. The number of rotatable bonds is 6. The van der Waals surface area contributed by atoms with Gasteiger partial charge in [-0.05, 0) is 53.4 Å². The summed E-state index contributed by atoms with van der Waals surface area (Å²) >= 11 is 3.14. The average molecular weight is 360 g/mol. The van der Waals surface area contributed by atoms with Crippen molar-refractivity contribution in [1.29, 1.82) is 0 Å². The third-order valence-corrected chi connectivity index (χ3v) is 4.08. The molecule has 0 spiro atoms. The molecule has 0 heterocycles. The smallest absolute Gasteiger partial charge is 0.305 e. The number of benzene rings is 1. The molecule has 0 radical (unpaired) electrons. The molecule has 1 aromatic carbocycles. The molecule has 2 rings (SSSR count). The van der Waals surface area contributed by atoms with Gasteiger partial charge in [-0.25, -0.2) is 4.39 Å². The fourth-order valence-corrected chi connectivity index (χ4v) is 2.77. The van der Waals surface area contributed by atoms with Crippen LogP contribution in [0.25, 0.3) is 0 Å². The molecule has 1 aromatic rings. The minimum atomic E-state index is -0.933. The topological polar surface area (TPSA) is 75.6 Å². The van der Waals surface area contributed by atoms with Crippen LogP contribution in [-0.2, 0) is 9.59 Å². The van der Waals surface area contributed by atoms with E-state index in [1.807, 2.05) is 0 Å². The lowest BCUT2D eigenvalue weighted by atomic mass is 9.74. The van der Waals surface area contributed by atoms with E-state index < -0.39 is 17.3 Å². The molecule has 0 aliphatic heterocycles. The Kier molecular flexibility index (Phi) is 4.82. The van der Waals surface area contributed by atoms with Gasteiger partial charge in [0.15, 0.2) is 6.61 Å². The maximum absolute atomic E-state index is 12.9. The fourth-order valence-electron chi connectivity index (χ4n) is 2.31. The number of amides is 1. The van der Waals surface area contributed by atoms with Crippen LogP contribution >= 0.6 is 15.9 Å². The van der Waals surface area contributed by atoms with Crippen LogP contribution in [0.4, 0.5) is 4.39 Å². The molecule has 1 fully saturated rings. The molecule has 1 aliphatic carbocycles. The van der Waals surface area contributed by atoms with E-state index in [-0.39, 0.29) is 18.9 Å². The number of carbonyl (C=O) groups excluding carboxylic acids is 1. The summed E-state index contributed by atoms with van der Waals surface area (Å²) in [7, 11) is 0. The van der Waals surface area contributed by atoms with Crippen LogP contribution in [0.15, 0.2) is 22.7 Å². The third-order valence-electron chi connectivity index (χ3n) is 3.46. The van der Waals surface area contributed by atoms with Crippen LogP contribution in [-0.4, -0.2) is 29.1 Å². The normalized spacial score (nSPS) is 15.9. The van der Waals surface area contributed by atoms with E-state index >= 15 is 0 Å². The predicted molar refractivity (Wildman–Crippen MR) is 76.6 cm³/mol. The molecule has 2 N–H and O–H groups in total. The summed E-state index contributed by atoms with van der Waals surface area (Å²) in [6.45, 7) is -0.244. The van der Waals surface area contributed by atoms with Gasteiger partial charge in [-0.15, -0.1) is 0 Å². The van der Waals surface area contributed by atoms with Crippen molar-refractivity contribution in [3.05, 3.63) is 28.5 Å². The van der Waals surface area contributed by atoms with Gasteiger partial charge < -0.3 is 15.2 Å². The number of carbonyl (C=O) groups is 2. The molecule has 0 bridgehead atoms. The number of hydrogen-bond acceptors (Lipinski definition) is 3. The van der Waals surface area contributed by atoms with Gasteiger partial charge in [-0.3, -0.25) is 9.59 Å². The summed E-state index contributed by atoms with van der Waals surface area (Å²) < 4.78 is 18.6. The average Bonchev–Trinajstić information content (AvgIpc) is 2.34. The van der Waals surface area contributed by atoms with Gasteiger partial charge in [0, 0.05) is 0 Å². The lowest BCUT2D eigenvalue weighted by Crippen LogP contribution is -2.55. The molecule has 7 heteroatoms. The zero-order chi connectivity index (χ0) is 15.5. The maximum atomic E-state index is 12.9. The number of carboxylic acid groups (broad SMARTS) is 1. The van der Waals surface area contributed by atoms with Gasteiger partial charge in [0.1, 0.15) is 11.6 Å². The molecule has 0 atom stereocenters. The van der Waals surface area contributed by atoms with Gasteiger partial charge in [0.25, 0.3) is 5.91 Å². The van der Waals surface area contributed by atoms with Crippen molar-refractivity contribution in [2.75, 3.05) is 6.61 Å². The van der Waals surface area contributed by atoms with Gasteiger partial charge in [0.05, 0.1) is 16.4 Å². The van der Waals surface area contributed by atoms with E-state index in [1.165, 1.54) is 18.2 Å². The zero-order valence-electron chi connectivity index (χ0n) is 11.2. The highest BCUT2D eigenvalue weighted by atomic mass is 79.9. The van der Waals surface area contributed by atoms with Crippen molar-refractivity contribution in [2.45, 2.75) is 31.2 Å². The van der Waals surface area contributed by atoms with Crippen molar-refractivity contribution in [1.82, 2.24) is 5.32 Å². The van der Waals surface area contributed by atoms with Crippen molar-refractivity contribution in [3.8, 4) is 5.75 Å². The molecule has 114 valence electrons. The molecule has 1 amide bonds. The first-order valence-electron chi connectivity index (χ1n) is 6.51. The van der Waals surface area contributed by atoms with Crippen LogP contribution < -0.4 is 10.1 Å². The summed E-state index contributed by atoms with van der Waals surface area (Å²) in [6, 6.07) is 3.89. The van der Waals surface area contributed by atoms with E-state index in [0.717, 1.165) is 6.42 Å². The third kappa shape index (κ3) is 4.17. The van der Waals surface area contributed by atoms with Crippen LogP contribution in [0.1, 0.15) is 25.7 Å². The summed E-state index contributed by atoms with van der Waals surface area (Å²) in [5.74, 6) is -1.37. The second-order valence-corrected chi connectivity index (χ2v) is 5.97. The monoisotopic (exact) mass is 359 g/mol. The van der Waals surface area contributed by atoms with Gasteiger partial charge in [-0.1, -0.05) is 0 Å².